The number of rotatable bonds is 3. The van der Waals surface area contributed by atoms with Gasteiger partial charge in [-0.2, -0.15) is 0 Å². The van der Waals surface area contributed by atoms with Gasteiger partial charge in [0, 0.05) is 19.0 Å². The normalized spacial score (nSPS) is 27.8. The van der Waals surface area contributed by atoms with Crippen LogP contribution in [-0.4, -0.2) is 34.4 Å². The maximum atomic E-state index is 11.1. The maximum absolute atomic E-state index is 11.1. The van der Waals surface area contributed by atoms with E-state index in [9.17, 15) is 4.79 Å². The van der Waals surface area contributed by atoms with Crippen LogP contribution in [-0.2, 0) is 4.74 Å². The monoisotopic (exact) mass is 251 g/mol. The number of hydrogen-bond donors (Lipinski definition) is 1. The van der Waals surface area contributed by atoms with Crippen molar-refractivity contribution in [2.24, 2.45) is 0 Å². The van der Waals surface area contributed by atoms with Crippen molar-refractivity contribution in [2.75, 3.05) is 0 Å². The molecule has 1 aromatic rings. The van der Waals surface area contributed by atoms with Gasteiger partial charge in [-0.3, -0.25) is 4.98 Å². The van der Waals surface area contributed by atoms with Gasteiger partial charge >= 0.3 is 5.97 Å². The molecule has 0 aliphatic carbocycles. The largest absolute Gasteiger partial charge is 0.488 e. The van der Waals surface area contributed by atoms with Crippen LogP contribution in [0.2, 0.25) is 0 Å². The summed E-state index contributed by atoms with van der Waals surface area (Å²) < 4.78 is 11.4. The molecule has 1 fully saturated rings. The zero-order valence-electron chi connectivity index (χ0n) is 10.5. The molecule has 0 aromatic carbocycles. The minimum absolute atomic E-state index is 0.0222. The van der Waals surface area contributed by atoms with Crippen LogP contribution in [0, 0.1) is 0 Å². The van der Waals surface area contributed by atoms with E-state index in [2.05, 4.69) is 4.98 Å². The Hall–Kier alpha value is -1.62. The van der Waals surface area contributed by atoms with Gasteiger partial charge < -0.3 is 14.6 Å². The molecule has 5 heteroatoms. The van der Waals surface area contributed by atoms with Crippen LogP contribution in [0.25, 0.3) is 0 Å². The molecule has 0 spiro atoms. The lowest BCUT2D eigenvalue weighted by atomic mass is 10.0. The summed E-state index contributed by atoms with van der Waals surface area (Å²) in [6.07, 6.45) is 4.66. The van der Waals surface area contributed by atoms with Crippen molar-refractivity contribution >= 4 is 5.97 Å². The van der Waals surface area contributed by atoms with Gasteiger partial charge in [0.2, 0.25) is 0 Å². The van der Waals surface area contributed by atoms with Crippen molar-refractivity contribution in [3.63, 3.8) is 0 Å². The average molecular weight is 251 g/mol. The molecule has 98 valence electrons. The zero-order chi connectivity index (χ0) is 13.1. The van der Waals surface area contributed by atoms with Crippen LogP contribution in [0.1, 0.15) is 37.0 Å². The van der Waals surface area contributed by atoms with E-state index >= 15 is 0 Å². The number of carbonyl (C=O) groups is 1. The van der Waals surface area contributed by atoms with Crippen LogP contribution in [0.15, 0.2) is 18.5 Å². The lowest BCUT2D eigenvalue weighted by Gasteiger charge is -2.32. The third-order valence-electron chi connectivity index (χ3n) is 2.96. The van der Waals surface area contributed by atoms with E-state index in [1.54, 1.807) is 0 Å². The Morgan fingerprint density at radius 1 is 1.44 bits per heavy atom. The minimum Gasteiger partial charge on any atom is -0.488 e. The third-order valence-corrected chi connectivity index (χ3v) is 2.96. The van der Waals surface area contributed by atoms with Gasteiger partial charge in [-0.05, 0) is 19.9 Å². The van der Waals surface area contributed by atoms with Gasteiger partial charge in [0.05, 0.1) is 18.4 Å². The van der Waals surface area contributed by atoms with E-state index in [4.69, 9.17) is 14.6 Å². The van der Waals surface area contributed by atoms with Crippen molar-refractivity contribution in [2.45, 2.75) is 45.0 Å². The van der Waals surface area contributed by atoms with Crippen molar-refractivity contribution in [1.82, 2.24) is 4.98 Å². The number of pyridine rings is 1. The molecule has 5 nitrogen and oxygen atoms in total. The highest BCUT2D eigenvalue weighted by Crippen LogP contribution is 2.25. The van der Waals surface area contributed by atoms with Gasteiger partial charge in [0.1, 0.15) is 11.7 Å². The zero-order valence-corrected chi connectivity index (χ0v) is 10.5. The molecule has 1 aliphatic rings. The molecular formula is C13H17NO4. The van der Waals surface area contributed by atoms with Gasteiger partial charge in [0.15, 0.2) is 5.75 Å². The molecule has 2 rings (SSSR count). The average Bonchev–Trinajstić information content (AvgIpc) is 2.27. The first-order valence-electron chi connectivity index (χ1n) is 6.05. The van der Waals surface area contributed by atoms with Crippen LogP contribution < -0.4 is 4.74 Å². The fourth-order valence-corrected chi connectivity index (χ4v) is 2.27. The van der Waals surface area contributed by atoms with E-state index in [-0.39, 0.29) is 23.9 Å². The van der Waals surface area contributed by atoms with E-state index in [0.29, 0.717) is 5.75 Å². The predicted molar refractivity (Wildman–Crippen MR) is 64.9 cm³/mol. The number of hydrogen-bond acceptors (Lipinski definition) is 4. The first kappa shape index (κ1) is 12.8. The molecule has 18 heavy (non-hydrogen) atoms. The summed E-state index contributed by atoms with van der Waals surface area (Å²) in [5.41, 5.74) is 0.150. The molecule has 1 aliphatic heterocycles. The Morgan fingerprint density at radius 3 is 2.72 bits per heavy atom. The summed E-state index contributed by atoms with van der Waals surface area (Å²) in [5, 5.41) is 9.07. The number of aromatic nitrogens is 1. The highest BCUT2D eigenvalue weighted by atomic mass is 16.5. The molecule has 0 radical (unpaired) electrons. The number of aromatic carboxylic acids is 1. The van der Waals surface area contributed by atoms with Crippen LogP contribution in [0.4, 0.5) is 0 Å². The first-order chi connectivity index (χ1) is 8.56. The summed E-state index contributed by atoms with van der Waals surface area (Å²) >= 11 is 0. The summed E-state index contributed by atoms with van der Waals surface area (Å²) in [6, 6.07) is 1.45. The lowest BCUT2D eigenvalue weighted by Crippen LogP contribution is -2.36. The van der Waals surface area contributed by atoms with Crippen LogP contribution in [0.5, 0.6) is 5.75 Å². The molecular weight excluding hydrogens is 234 g/mol. The van der Waals surface area contributed by atoms with Crippen LogP contribution in [0.3, 0.4) is 0 Å². The van der Waals surface area contributed by atoms with Crippen molar-refractivity contribution in [3.8, 4) is 5.75 Å². The highest BCUT2D eigenvalue weighted by Gasteiger charge is 2.27. The molecule has 1 aromatic heterocycles. The molecule has 1 N–H and O–H groups in total. The second-order valence-corrected chi connectivity index (χ2v) is 4.65. The smallest absolute Gasteiger partial charge is 0.339 e. The van der Waals surface area contributed by atoms with Gasteiger partial charge in [-0.1, -0.05) is 0 Å². The van der Waals surface area contributed by atoms with E-state index in [1.807, 2.05) is 13.8 Å². The van der Waals surface area contributed by atoms with Crippen molar-refractivity contribution in [1.29, 1.82) is 0 Å². The lowest BCUT2D eigenvalue weighted by molar-refractivity contribution is -0.0723. The maximum Gasteiger partial charge on any atom is 0.339 e. The SMILES string of the molecule is CC1CC(Oc2cnccc2C(=O)O)CC(C)O1. The summed E-state index contributed by atoms with van der Waals surface area (Å²) in [4.78, 5) is 15.0. The third kappa shape index (κ3) is 2.98. The molecule has 2 unspecified atom stereocenters. The fourth-order valence-electron chi connectivity index (χ4n) is 2.27. The fraction of sp³-hybridized carbons (Fsp3) is 0.538. The van der Waals surface area contributed by atoms with Gasteiger partial charge in [-0.15, -0.1) is 0 Å². The molecule has 2 atom stereocenters. The van der Waals surface area contributed by atoms with Crippen molar-refractivity contribution in [3.05, 3.63) is 24.0 Å². The standard InChI is InChI=1S/C13H17NO4/c1-8-5-10(6-9(2)17-8)18-12-7-14-4-3-11(12)13(15)16/h3-4,7-10H,5-6H2,1-2H3,(H,15,16). The number of ether oxygens (including phenoxy) is 2. The van der Waals surface area contributed by atoms with Crippen LogP contribution >= 0.6 is 0 Å². The number of carboxylic acid groups (broad SMARTS) is 1. The van der Waals surface area contributed by atoms with E-state index in [1.165, 1.54) is 18.5 Å². The molecule has 2 heterocycles. The number of nitrogens with zero attached hydrogens (tertiary/aromatic N) is 1. The number of carboxylic acids is 1. The van der Waals surface area contributed by atoms with Gasteiger partial charge in [-0.25, -0.2) is 4.79 Å². The Labute approximate surface area is 106 Å². The molecule has 0 saturated carbocycles. The topological polar surface area (TPSA) is 68.7 Å². The second-order valence-electron chi connectivity index (χ2n) is 4.65. The molecule has 0 bridgehead atoms. The Bertz CT molecular complexity index is 425. The summed E-state index contributed by atoms with van der Waals surface area (Å²) in [7, 11) is 0. The Balaban J connectivity index is 2.11. The predicted octanol–water partition coefficient (Wildman–Crippen LogP) is 2.11. The Morgan fingerprint density at radius 2 is 2.11 bits per heavy atom. The summed E-state index contributed by atoms with van der Waals surface area (Å²) in [6.45, 7) is 3.99. The van der Waals surface area contributed by atoms with E-state index in [0.717, 1.165) is 12.8 Å². The minimum atomic E-state index is -0.999. The van der Waals surface area contributed by atoms with Gasteiger partial charge in [0.25, 0.3) is 0 Å². The molecule has 1 saturated heterocycles. The first-order valence-corrected chi connectivity index (χ1v) is 6.05. The quantitative estimate of drug-likeness (QED) is 0.891. The van der Waals surface area contributed by atoms with Crippen molar-refractivity contribution < 1.29 is 19.4 Å². The second kappa shape index (κ2) is 5.35. The summed E-state index contributed by atoms with van der Waals surface area (Å²) in [5.74, 6) is -0.670. The molecule has 0 amide bonds. The van der Waals surface area contributed by atoms with E-state index < -0.39 is 5.97 Å². The Kier molecular flexibility index (Phi) is 3.81. The highest BCUT2D eigenvalue weighted by molar-refractivity contribution is 5.90.